The molecule has 2 N–H and O–H groups in total. The first kappa shape index (κ1) is 15.0. The van der Waals surface area contributed by atoms with E-state index in [2.05, 4.69) is 10.6 Å². The molecule has 0 bridgehead atoms. The molecule has 5 nitrogen and oxygen atoms in total. The molecule has 0 aliphatic carbocycles. The molecule has 2 amide bonds. The number of alkyl carbamates (subject to hydrolysis) is 1. The standard InChI is InChI=1S/C14H20N2O3/c1-10(17)15-12-7-5-11(6-8-12)9-19-13(18)16-14(2,3)4/h5-8H,9H2,1-4H3,(H,15,17)(H,16,18). The Hall–Kier alpha value is -2.04. The molecular formula is C14H20N2O3. The molecule has 0 saturated heterocycles. The maximum atomic E-state index is 11.5. The van der Waals surface area contributed by atoms with Gasteiger partial charge in [0.2, 0.25) is 5.91 Å². The number of hydrogen-bond acceptors (Lipinski definition) is 3. The summed E-state index contributed by atoms with van der Waals surface area (Å²) in [5.41, 5.74) is 1.26. The first-order valence-electron chi connectivity index (χ1n) is 6.08. The molecule has 1 rings (SSSR count). The SMILES string of the molecule is CC(=O)Nc1ccc(COC(=O)NC(C)(C)C)cc1. The number of carbonyl (C=O) groups is 2. The minimum atomic E-state index is -0.446. The van der Waals surface area contributed by atoms with E-state index in [9.17, 15) is 9.59 Å². The highest BCUT2D eigenvalue weighted by Crippen LogP contribution is 2.10. The zero-order chi connectivity index (χ0) is 14.5. The minimum Gasteiger partial charge on any atom is -0.445 e. The van der Waals surface area contributed by atoms with Crippen molar-refractivity contribution in [2.45, 2.75) is 39.8 Å². The molecule has 0 spiro atoms. The van der Waals surface area contributed by atoms with Crippen LogP contribution in [0, 0.1) is 0 Å². The smallest absolute Gasteiger partial charge is 0.407 e. The fourth-order valence-electron chi connectivity index (χ4n) is 1.38. The number of carbonyl (C=O) groups excluding carboxylic acids is 2. The molecule has 0 aliphatic heterocycles. The van der Waals surface area contributed by atoms with Crippen LogP contribution < -0.4 is 10.6 Å². The molecule has 5 heteroatoms. The molecule has 1 aromatic carbocycles. The van der Waals surface area contributed by atoms with E-state index in [0.717, 1.165) is 11.3 Å². The Kier molecular flexibility index (Phi) is 4.92. The lowest BCUT2D eigenvalue weighted by Gasteiger charge is -2.19. The van der Waals surface area contributed by atoms with Crippen molar-refractivity contribution in [2.75, 3.05) is 5.32 Å². The van der Waals surface area contributed by atoms with Crippen LogP contribution in [0.3, 0.4) is 0 Å². The molecule has 0 fully saturated rings. The highest BCUT2D eigenvalue weighted by Gasteiger charge is 2.14. The van der Waals surface area contributed by atoms with Gasteiger partial charge in [-0.1, -0.05) is 12.1 Å². The summed E-state index contributed by atoms with van der Waals surface area (Å²) < 4.78 is 5.09. The van der Waals surface area contributed by atoms with Gasteiger partial charge in [-0.25, -0.2) is 4.79 Å². The van der Waals surface area contributed by atoms with E-state index in [1.807, 2.05) is 20.8 Å². The van der Waals surface area contributed by atoms with Crippen LogP contribution in [0.15, 0.2) is 24.3 Å². The van der Waals surface area contributed by atoms with E-state index in [-0.39, 0.29) is 18.1 Å². The van der Waals surface area contributed by atoms with Crippen LogP contribution in [0.5, 0.6) is 0 Å². The van der Waals surface area contributed by atoms with Gasteiger partial charge in [0.15, 0.2) is 0 Å². The molecule has 104 valence electrons. The van der Waals surface area contributed by atoms with Crippen LogP contribution in [0.2, 0.25) is 0 Å². The van der Waals surface area contributed by atoms with Crippen molar-refractivity contribution in [3.05, 3.63) is 29.8 Å². The van der Waals surface area contributed by atoms with Gasteiger partial charge in [0.25, 0.3) is 0 Å². The Morgan fingerprint density at radius 2 is 1.74 bits per heavy atom. The largest absolute Gasteiger partial charge is 0.445 e. The van der Waals surface area contributed by atoms with Gasteiger partial charge < -0.3 is 15.4 Å². The van der Waals surface area contributed by atoms with E-state index in [1.165, 1.54) is 6.92 Å². The molecular weight excluding hydrogens is 244 g/mol. The van der Waals surface area contributed by atoms with Gasteiger partial charge in [0.1, 0.15) is 6.61 Å². The van der Waals surface area contributed by atoms with E-state index in [0.29, 0.717) is 0 Å². The summed E-state index contributed by atoms with van der Waals surface area (Å²) in [7, 11) is 0. The third kappa shape index (κ3) is 6.45. The summed E-state index contributed by atoms with van der Waals surface area (Å²) in [4.78, 5) is 22.3. The lowest BCUT2D eigenvalue weighted by atomic mass is 10.1. The molecule has 0 aromatic heterocycles. The van der Waals surface area contributed by atoms with Crippen LogP contribution in [-0.2, 0) is 16.1 Å². The van der Waals surface area contributed by atoms with Crippen molar-refractivity contribution in [1.82, 2.24) is 5.32 Å². The van der Waals surface area contributed by atoms with Crippen LogP contribution >= 0.6 is 0 Å². The number of benzene rings is 1. The second-order valence-corrected chi connectivity index (χ2v) is 5.33. The van der Waals surface area contributed by atoms with Crippen LogP contribution in [0.25, 0.3) is 0 Å². The quantitative estimate of drug-likeness (QED) is 0.882. The molecule has 0 atom stereocenters. The summed E-state index contributed by atoms with van der Waals surface area (Å²) in [6.45, 7) is 7.31. The van der Waals surface area contributed by atoms with E-state index >= 15 is 0 Å². The van der Waals surface area contributed by atoms with Crippen molar-refractivity contribution >= 4 is 17.7 Å². The fourth-order valence-corrected chi connectivity index (χ4v) is 1.38. The number of amides is 2. The lowest BCUT2D eigenvalue weighted by molar-refractivity contribution is -0.114. The molecule has 0 aliphatic rings. The van der Waals surface area contributed by atoms with Crippen molar-refractivity contribution in [2.24, 2.45) is 0 Å². The fraction of sp³-hybridized carbons (Fsp3) is 0.429. The molecule has 0 heterocycles. The monoisotopic (exact) mass is 264 g/mol. The predicted molar refractivity (Wildman–Crippen MR) is 73.8 cm³/mol. The number of anilines is 1. The highest BCUT2D eigenvalue weighted by molar-refractivity contribution is 5.88. The average Bonchev–Trinajstić information content (AvgIpc) is 2.25. The summed E-state index contributed by atoms with van der Waals surface area (Å²) in [6, 6.07) is 7.13. The zero-order valence-corrected chi connectivity index (χ0v) is 11.7. The van der Waals surface area contributed by atoms with Crippen molar-refractivity contribution in [1.29, 1.82) is 0 Å². The molecule has 0 radical (unpaired) electrons. The highest BCUT2D eigenvalue weighted by atomic mass is 16.5. The van der Waals surface area contributed by atoms with Crippen LogP contribution in [0.4, 0.5) is 10.5 Å². The third-order valence-electron chi connectivity index (χ3n) is 2.12. The summed E-state index contributed by atoms with van der Waals surface area (Å²) in [5, 5.41) is 5.38. The van der Waals surface area contributed by atoms with Crippen molar-refractivity contribution < 1.29 is 14.3 Å². The number of rotatable bonds is 3. The molecule has 0 unspecified atom stereocenters. The molecule has 1 aromatic rings. The van der Waals surface area contributed by atoms with E-state index in [1.54, 1.807) is 24.3 Å². The van der Waals surface area contributed by atoms with Gasteiger partial charge in [-0.05, 0) is 38.5 Å². The minimum absolute atomic E-state index is 0.117. The maximum absolute atomic E-state index is 11.5. The predicted octanol–water partition coefficient (Wildman–Crippen LogP) is 2.67. The summed E-state index contributed by atoms with van der Waals surface area (Å²) in [6.07, 6.45) is -0.446. The van der Waals surface area contributed by atoms with Crippen LogP contribution in [0.1, 0.15) is 33.3 Å². The van der Waals surface area contributed by atoms with Crippen molar-refractivity contribution in [3.8, 4) is 0 Å². The Bertz CT molecular complexity index is 447. The van der Waals surface area contributed by atoms with Gasteiger partial charge in [0, 0.05) is 18.2 Å². The van der Waals surface area contributed by atoms with Gasteiger partial charge in [-0.3, -0.25) is 4.79 Å². The van der Waals surface area contributed by atoms with Gasteiger partial charge in [-0.15, -0.1) is 0 Å². The summed E-state index contributed by atoms with van der Waals surface area (Å²) >= 11 is 0. The van der Waals surface area contributed by atoms with E-state index < -0.39 is 6.09 Å². The third-order valence-corrected chi connectivity index (χ3v) is 2.12. The Labute approximate surface area is 113 Å². The first-order chi connectivity index (χ1) is 8.76. The Morgan fingerprint density at radius 3 is 2.21 bits per heavy atom. The topological polar surface area (TPSA) is 67.4 Å². The first-order valence-corrected chi connectivity index (χ1v) is 6.08. The van der Waals surface area contributed by atoms with Crippen LogP contribution in [-0.4, -0.2) is 17.5 Å². The Balaban J connectivity index is 2.46. The maximum Gasteiger partial charge on any atom is 0.407 e. The van der Waals surface area contributed by atoms with Gasteiger partial charge >= 0.3 is 6.09 Å². The second-order valence-electron chi connectivity index (χ2n) is 5.33. The Morgan fingerprint density at radius 1 is 1.16 bits per heavy atom. The van der Waals surface area contributed by atoms with Gasteiger partial charge in [-0.2, -0.15) is 0 Å². The molecule has 19 heavy (non-hydrogen) atoms. The molecule has 0 saturated carbocycles. The average molecular weight is 264 g/mol. The van der Waals surface area contributed by atoms with E-state index in [4.69, 9.17) is 4.74 Å². The van der Waals surface area contributed by atoms with Crippen molar-refractivity contribution in [3.63, 3.8) is 0 Å². The lowest BCUT2D eigenvalue weighted by Crippen LogP contribution is -2.40. The number of nitrogens with one attached hydrogen (secondary N) is 2. The summed E-state index contributed by atoms with van der Waals surface area (Å²) in [5.74, 6) is -0.117. The second kappa shape index (κ2) is 6.22. The normalized spacial score (nSPS) is 10.7. The zero-order valence-electron chi connectivity index (χ0n) is 11.7. The van der Waals surface area contributed by atoms with Gasteiger partial charge in [0.05, 0.1) is 0 Å². The number of ether oxygens (including phenoxy) is 1. The number of hydrogen-bond donors (Lipinski definition) is 2.